The van der Waals surface area contributed by atoms with Crippen molar-refractivity contribution in [2.24, 2.45) is 0 Å². The lowest BCUT2D eigenvalue weighted by atomic mass is 9.77. The van der Waals surface area contributed by atoms with Gasteiger partial charge in [0.2, 0.25) is 12.7 Å². The normalized spacial score (nSPS) is 20.4. The van der Waals surface area contributed by atoms with E-state index in [0.717, 1.165) is 27.9 Å². The van der Waals surface area contributed by atoms with E-state index in [1.54, 1.807) is 4.90 Å². The average molecular weight is 401 g/mol. The third-order valence-electron chi connectivity index (χ3n) is 6.26. The zero-order valence-electron chi connectivity index (χ0n) is 16.1. The Morgan fingerprint density at radius 3 is 2.43 bits per heavy atom. The molecule has 0 fully saturated rings. The number of hydrogen-bond acceptors (Lipinski definition) is 5. The molecule has 1 atom stereocenters. The number of amides is 1. The van der Waals surface area contributed by atoms with Gasteiger partial charge in [-0.1, -0.05) is 42.5 Å². The van der Waals surface area contributed by atoms with E-state index < -0.39 is 5.41 Å². The van der Waals surface area contributed by atoms with Crippen LogP contribution < -0.4 is 19.1 Å². The number of carbonyl (C=O) groups excluding carboxylic acids is 1. The fraction of sp³-hybridized carbons (Fsp3) is 0.208. The number of rotatable bonds is 3. The molecule has 3 aliphatic rings. The molecule has 3 aromatic rings. The summed E-state index contributed by atoms with van der Waals surface area (Å²) in [6.45, 7) is 0.716. The molecule has 30 heavy (non-hydrogen) atoms. The van der Waals surface area contributed by atoms with Crippen LogP contribution in [0.1, 0.15) is 22.3 Å². The molecule has 1 spiro atoms. The highest BCUT2D eigenvalue weighted by molar-refractivity contribution is 6.11. The van der Waals surface area contributed by atoms with Crippen LogP contribution in [0.15, 0.2) is 60.7 Å². The van der Waals surface area contributed by atoms with Gasteiger partial charge in [-0.05, 0) is 28.8 Å². The highest BCUT2D eigenvalue weighted by Gasteiger charge is 2.57. The van der Waals surface area contributed by atoms with Gasteiger partial charge in [0, 0.05) is 17.3 Å². The molecule has 0 saturated heterocycles. The molecule has 0 aliphatic carbocycles. The Morgan fingerprint density at radius 2 is 1.60 bits per heavy atom. The van der Waals surface area contributed by atoms with E-state index in [9.17, 15) is 9.90 Å². The van der Waals surface area contributed by atoms with E-state index >= 15 is 0 Å². The smallest absolute Gasteiger partial charge is 0.246 e. The molecule has 150 valence electrons. The summed E-state index contributed by atoms with van der Waals surface area (Å²) in [4.78, 5) is 15.8. The van der Waals surface area contributed by atoms with Crippen molar-refractivity contribution in [3.8, 4) is 17.2 Å². The second-order valence-electron chi connectivity index (χ2n) is 7.73. The molecule has 6 nitrogen and oxygen atoms in total. The number of hydrogen-bond donors (Lipinski definition) is 1. The predicted octanol–water partition coefficient (Wildman–Crippen LogP) is 3.13. The molecular formula is C24H19NO5. The van der Waals surface area contributed by atoms with Crippen molar-refractivity contribution in [2.75, 3.05) is 18.3 Å². The van der Waals surface area contributed by atoms with Crippen LogP contribution in [0, 0.1) is 0 Å². The van der Waals surface area contributed by atoms with Crippen molar-refractivity contribution in [3.63, 3.8) is 0 Å². The lowest BCUT2D eigenvalue weighted by Crippen LogP contribution is -2.42. The van der Waals surface area contributed by atoms with Crippen molar-refractivity contribution in [1.82, 2.24) is 0 Å². The highest BCUT2D eigenvalue weighted by atomic mass is 16.7. The first-order chi connectivity index (χ1) is 14.7. The zero-order valence-corrected chi connectivity index (χ0v) is 16.1. The van der Waals surface area contributed by atoms with Gasteiger partial charge in [-0.25, -0.2) is 0 Å². The van der Waals surface area contributed by atoms with Gasteiger partial charge in [-0.3, -0.25) is 4.79 Å². The molecule has 1 unspecified atom stereocenters. The van der Waals surface area contributed by atoms with Crippen LogP contribution in [0.5, 0.6) is 17.2 Å². The Balaban J connectivity index is 1.50. The third kappa shape index (κ3) is 2.19. The maximum Gasteiger partial charge on any atom is 0.246 e. The van der Waals surface area contributed by atoms with Crippen LogP contribution in [0.25, 0.3) is 0 Å². The van der Waals surface area contributed by atoms with Crippen molar-refractivity contribution >= 4 is 11.6 Å². The van der Waals surface area contributed by atoms with E-state index in [4.69, 9.17) is 14.2 Å². The minimum absolute atomic E-state index is 0.0333. The van der Waals surface area contributed by atoms with Crippen LogP contribution in [-0.4, -0.2) is 24.4 Å². The summed E-state index contributed by atoms with van der Waals surface area (Å²) in [5.74, 6) is 1.89. The highest BCUT2D eigenvalue weighted by Crippen LogP contribution is 2.55. The molecule has 3 heterocycles. The SMILES string of the molecule is O=C1N(Cc2ccccc2CO)c2ccccc2C12COc1cc3c(cc12)OCO3. The molecule has 6 rings (SSSR count). The van der Waals surface area contributed by atoms with E-state index in [2.05, 4.69) is 0 Å². The number of para-hydroxylation sites is 1. The summed E-state index contributed by atoms with van der Waals surface area (Å²) in [6.07, 6.45) is 0. The molecule has 0 radical (unpaired) electrons. The molecule has 6 heteroatoms. The number of anilines is 1. The van der Waals surface area contributed by atoms with Crippen LogP contribution in [-0.2, 0) is 23.4 Å². The molecule has 1 amide bonds. The molecule has 3 aliphatic heterocycles. The van der Waals surface area contributed by atoms with Crippen LogP contribution >= 0.6 is 0 Å². The largest absolute Gasteiger partial charge is 0.491 e. The number of ether oxygens (including phenoxy) is 3. The molecule has 1 N–H and O–H groups in total. The van der Waals surface area contributed by atoms with Gasteiger partial charge >= 0.3 is 0 Å². The van der Waals surface area contributed by atoms with Gasteiger partial charge < -0.3 is 24.2 Å². The number of carbonyl (C=O) groups is 1. The number of fused-ring (bicyclic) bond motifs is 5. The Bertz CT molecular complexity index is 1190. The number of aliphatic hydroxyl groups excluding tert-OH is 1. The lowest BCUT2D eigenvalue weighted by molar-refractivity contribution is -0.122. The first-order valence-corrected chi connectivity index (χ1v) is 9.88. The molecule has 0 aromatic heterocycles. The standard InChI is InChI=1S/C24H19NO5/c26-12-16-6-2-1-5-15(16)11-25-19-8-4-3-7-17(19)24(23(25)27)13-28-20-10-22-21(9-18(20)24)29-14-30-22/h1-10,26H,11-14H2. The van der Waals surface area contributed by atoms with E-state index in [1.807, 2.05) is 60.7 Å². The molecule has 0 saturated carbocycles. The van der Waals surface area contributed by atoms with Crippen LogP contribution in [0.4, 0.5) is 5.69 Å². The third-order valence-corrected chi connectivity index (χ3v) is 6.26. The quantitative estimate of drug-likeness (QED) is 0.730. The second-order valence-corrected chi connectivity index (χ2v) is 7.73. The maximum absolute atomic E-state index is 14.0. The van der Waals surface area contributed by atoms with E-state index in [0.29, 0.717) is 23.8 Å². The minimum Gasteiger partial charge on any atom is -0.491 e. The lowest BCUT2D eigenvalue weighted by Gasteiger charge is -2.24. The first kappa shape index (κ1) is 17.4. The Morgan fingerprint density at radius 1 is 0.867 bits per heavy atom. The number of aliphatic hydroxyl groups is 1. The van der Waals surface area contributed by atoms with Gasteiger partial charge in [-0.15, -0.1) is 0 Å². The minimum atomic E-state index is -0.916. The van der Waals surface area contributed by atoms with Gasteiger partial charge in [0.1, 0.15) is 17.8 Å². The fourth-order valence-corrected chi connectivity index (χ4v) is 4.76. The molecule has 0 bridgehead atoms. The van der Waals surface area contributed by atoms with Crippen molar-refractivity contribution in [2.45, 2.75) is 18.6 Å². The van der Waals surface area contributed by atoms with Gasteiger partial charge in [0.15, 0.2) is 11.5 Å². The Labute approximate surface area is 173 Å². The van der Waals surface area contributed by atoms with Crippen molar-refractivity contribution in [3.05, 3.63) is 82.9 Å². The summed E-state index contributed by atoms with van der Waals surface area (Å²) >= 11 is 0. The average Bonchev–Trinajstić information content (AvgIpc) is 3.45. The second kappa shape index (κ2) is 6.24. The predicted molar refractivity (Wildman–Crippen MR) is 109 cm³/mol. The number of nitrogens with zero attached hydrogens (tertiary/aromatic N) is 1. The Hall–Kier alpha value is -3.51. The van der Waals surface area contributed by atoms with Gasteiger partial charge in [0.25, 0.3) is 0 Å². The van der Waals surface area contributed by atoms with E-state index in [-0.39, 0.29) is 25.9 Å². The number of benzene rings is 3. The Kier molecular flexibility index (Phi) is 3.61. The van der Waals surface area contributed by atoms with Gasteiger partial charge in [-0.2, -0.15) is 0 Å². The van der Waals surface area contributed by atoms with Crippen molar-refractivity contribution in [1.29, 1.82) is 0 Å². The molecule has 3 aromatic carbocycles. The summed E-state index contributed by atoms with van der Waals surface area (Å²) < 4.78 is 17.1. The monoisotopic (exact) mass is 401 g/mol. The summed E-state index contributed by atoms with van der Waals surface area (Å²) in [5.41, 5.74) is 3.42. The van der Waals surface area contributed by atoms with Crippen LogP contribution in [0.3, 0.4) is 0 Å². The van der Waals surface area contributed by atoms with Crippen LogP contribution in [0.2, 0.25) is 0 Å². The zero-order chi connectivity index (χ0) is 20.3. The summed E-state index contributed by atoms with van der Waals surface area (Å²) in [7, 11) is 0. The topological polar surface area (TPSA) is 68.2 Å². The fourth-order valence-electron chi connectivity index (χ4n) is 4.76. The molecular weight excluding hydrogens is 382 g/mol. The maximum atomic E-state index is 14.0. The summed E-state index contributed by atoms with van der Waals surface area (Å²) in [5, 5.41) is 9.73. The first-order valence-electron chi connectivity index (χ1n) is 9.88. The summed E-state index contributed by atoms with van der Waals surface area (Å²) in [6, 6.07) is 19.2. The van der Waals surface area contributed by atoms with Crippen molar-refractivity contribution < 1.29 is 24.1 Å². The van der Waals surface area contributed by atoms with Gasteiger partial charge in [0.05, 0.1) is 13.2 Å². The van der Waals surface area contributed by atoms with E-state index in [1.165, 1.54) is 0 Å².